The number of ether oxygens (including phenoxy) is 1. The number of likely N-dealkylation sites (tertiary alicyclic amines) is 1. The van der Waals surface area contributed by atoms with Crippen LogP contribution >= 0.6 is 0 Å². The first kappa shape index (κ1) is 25.6. The second-order valence-electron chi connectivity index (χ2n) is 8.59. The highest BCUT2D eigenvalue weighted by Crippen LogP contribution is 2.37. The van der Waals surface area contributed by atoms with E-state index in [0.29, 0.717) is 19.6 Å². The van der Waals surface area contributed by atoms with Gasteiger partial charge >= 0.3 is 6.18 Å². The van der Waals surface area contributed by atoms with Crippen molar-refractivity contribution < 1.29 is 31.1 Å². The van der Waals surface area contributed by atoms with Gasteiger partial charge in [-0.2, -0.15) is 13.2 Å². The summed E-state index contributed by atoms with van der Waals surface area (Å²) in [6.45, 7) is 1.35. The lowest BCUT2D eigenvalue weighted by Crippen LogP contribution is -2.56. The molecule has 1 aromatic heterocycles. The van der Waals surface area contributed by atoms with Crippen LogP contribution in [0.3, 0.4) is 0 Å². The van der Waals surface area contributed by atoms with Crippen LogP contribution in [-0.4, -0.2) is 42.0 Å². The quantitative estimate of drug-likeness (QED) is 0.502. The van der Waals surface area contributed by atoms with Crippen LogP contribution in [0.1, 0.15) is 24.0 Å². The molecule has 1 aliphatic heterocycles. The summed E-state index contributed by atoms with van der Waals surface area (Å²) < 4.78 is 69.1. The van der Waals surface area contributed by atoms with Gasteiger partial charge in [-0.3, -0.25) is 14.7 Å². The molecule has 0 radical (unpaired) electrons. The van der Waals surface area contributed by atoms with Gasteiger partial charge in [0.05, 0.1) is 10.5 Å². The van der Waals surface area contributed by atoms with Gasteiger partial charge in [0.1, 0.15) is 11.5 Å². The number of alkyl halides is 3. The summed E-state index contributed by atoms with van der Waals surface area (Å²) in [5.41, 5.74) is 5.87. The molecule has 2 aromatic carbocycles. The van der Waals surface area contributed by atoms with Crippen LogP contribution in [0.2, 0.25) is 0 Å². The highest BCUT2D eigenvalue weighted by Gasteiger charge is 2.51. The zero-order valence-electron chi connectivity index (χ0n) is 19.1. The number of nitrogens with zero attached hydrogens (tertiary/aromatic N) is 2. The number of primary amides is 1. The van der Waals surface area contributed by atoms with Crippen molar-refractivity contribution in [3.8, 4) is 11.5 Å². The lowest BCUT2D eigenvalue weighted by molar-refractivity contribution is -0.137. The van der Waals surface area contributed by atoms with Crippen LogP contribution in [0.25, 0.3) is 0 Å². The first-order valence-electron chi connectivity index (χ1n) is 11.1. The summed E-state index contributed by atoms with van der Waals surface area (Å²) in [4.78, 5) is 18.4. The minimum absolute atomic E-state index is 0.0551. The van der Waals surface area contributed by atoms with Crippen LogP contribution in [0, 0.1) is 0 Å². The Bertz CT molecular complexity index is 1310. The minimum Gasteiger partial charge on any atom is -0.457 e. The molecule has 190 valence electrons. The molecule has 1 aliphatic rings. The molecule has 1 saturated heterocycles. The number of nitrogens with two attached hydrogens (primary N) is 1. The third kappa shape index (κ3) is 5.21. The Kier molecular flexibility index (Phi) is 7.05. The Labute approximate surface area is 206 Å². The van der Waals surface area contributed by atoms with Gasteiger partial charge in [-0.15, -0.1) is 0 Å². The van der Waals surface area contributed by atoms with E-state index in [1.165, 1.54) is 36.4 Å². The third-order valence-corrected chi connectivity index (χ3v) is 8.87. The number of hydrogen-bond acceptors (Lipinski definition) is 6. The zero-order chi connectivity index (χ0) is 26.0. The SMILES string of the molecule is NC(=O)C1(S(=O)(=O)c2ccc(Oc3ccc(C(F)(F)F)cc3)cc2)CCN(Cc2ccncc2)CC1. The van der Waals surface area contributed by atoms with Gasteiger partial charge < -0.3 is 10.5 Å². The standard InChI is InChI=1S/C25H24F3N3O4S/c26-25(27,28)19-1-3-20(4-2-19)35-21-5-7-22(8-6-21)36(33,34)24(23(29)32)11-15-31(16-12-24)17-18-9-13-30-14-10-18/h1-10,13-14H,11-12,15-17H2,(H2,29,32). The number of hydrogen-bond donors (Lipinski definition) is 1. The lowest BCUT2D eigenvalue weighted by atomic mass is 9.94. The summed E-state index contributed by atoms with van der Waals surface area (Å²) >= 11 is 0. The van der Waals surface area contributed by atoms with Crippen molar-refractivity contribution >= 4 is 15.7 Å². The number of amides is 1. The van der Waals surface area contributed by atoms with Crippen LogP contribution in [0.4, 0.5) is 13.2 Å². The predicted octanol–water partition coefficient (Wildman–Crippen LogP) is 4.19. The second kappa shape index (κ2) is 9.90. The number of aromatic nitrogens is 1. The molecular weight excluding hydrogens is 495 g/mol. The third-order valence-electron chi connectivity index (χ3n) is 6.33. The summed E-state index contributed by atoms with van der Waals surface area (Å²) in [6, 6.07) is 13.3. The van der Waals surface area contributed by atoms with Gasteiger partial charge in [0.2, 0.25) is 5.91 Å². The van der Waals surface area contributed by atoms with Gasteiger partial charge in [0, 0.05) is 32.0 Å². The maximum absolute atomic E-state index is 13.5. The van der Waals surface area contributed by atoms with Crippen molar-refractivity contribution in [2.24, 2.45) is 5.73 Å². The van der Waals surface area contributed by atoms with Gasteiger partial charge in [-0.1, -0.05) is 0 Å². The molecule has 3 aromatic rings. The van der Waals surface area contributed by atoms with Crippen molar-refractivity contribution in [3.63, 3.8) is 0 Å². The number of sulfone groups is 1. The molecule has 36 heavy (non-hydrogen) atoms. The van der Waals surface area contributed by atoms with E-state index >= 15 is 0 Å². The number of rotatable bonds is 7. The van der Waals surface area contributed by atoms with Crippen LogP contribution in [-0.2, 0) is 27.4 Å². The fourth-order valence-corrected chi connectivity index (χ4v) is 6.16. The monoisotopic (exact) mass is 519 g/mol. The van der Waals surface area contributed by atoms with Crippen LogP contribution in [0.15, 0.2) is 78.0 Å². The molecule has 0 unspecified atom stereocenters. The fraction of sp³-hybridized carbons (Fsp3) is 0.280. The minimum atomic E-state index is -4.46. The van der Waals surface area contributed by atoms with Gasteiger partial charge in [0.15, 0.2) is 14.6 Å². The largest absolute Gasteiger partial charge is 0.457 e. The van der Waals surface area contributed by atoms with E-state index in [9.17, 15) is 26.4 Å². The topological polar surface area (TPSA) is 103 Å². The van der Waals surface area contributed by atoms with Crippen molar-refractivity contribution in [1.82, 2.24) is 9.88 Å². The van der Waals surface area contributed by atoms with E-state index < -0.39 is 32.2 Å². The molecule has 1 fully saturated rings. The Morgan fingerprint density at radius 2 is 1.47 bits per heavy atom. The van der Waals surface area contributed by atoms with Gasteiger partial charge in [0.25, 0.3) is 0 Å². The van der Waals surface area contributed by atoms with E-state index in [-0.39, 0.29) is 29.2 Å². The molecule has 0 bridgehead atoms. The van der Waals surface area contributed by atoms with Crippen molar-refractivity contribution in [3.05, 3.63) is 84.2 Å². The Morgan fingerprint density at radius 1 is 0.944 bits per heavy atom. The lowest BCUT2D eigenvalue weighted by Gasteiger charge is -2.39. The number of halogens is 3. The highest BCUT2D eigenvalue weighted by atomic mass is 32.2. The first-order chi connectivity index (χ1) is 17.0. The number of pyridine rings is 1. The first-order valence-corrected chi connectivity index (χ1v) is 12.6. The molecule has 11 heteroatoms. The Balaban J connectivity index is 1.48. The van der Waals surface area contributed by atoms with Crippen LogP contribution < -0.4 is 10.5 Å². The molecule has 2 N–H and O–H groups in total. The van der Waals surface area contributed by atoms with Crippen molar-refractivity contribution in [2.45, 2.75) is 35.2 Å². The average Bonchev–Trinajstić information content (AvgIpc) is 2.85. The summed E-state index contributed by atoms with van der Waals surface area (Å²) in [5.74, 6) is -0.501. The maximum atomic E-state index is 13.5. The van der Waals surface area contributed by atoms with E-state index in [4.69, 9.17) is 10.5 Å². The number of benzene rings is 2. The Morgan fingerprint density at radius 3 is 1.97 bits per heavy atom. The molecule has 7 nitrogen and oxygen atoms in total. The zero-order valence-corrected chi connectivity index (χ0v) is 19.9. The van der Waals surface area contributed by atoms with Crippen LogP contribution in [0.5, 0.6) is 11.5 Å². The number of piperidine rings is 1. The molecular formula is C25H24F3N3O4S. The molecule has 0 aliphatic carbocycles. The number of carbonyl (C=O) groups excluding carboxylic acids is 1. The Hall–Kier alpha value is -3.44. The summed E-state index contributed by atoms with van der Waals surface area (Å²) in [7, 11) is -4.12. The van der Waals surface area contributed by atoms with E-state index in [1.807, 2.05) is 12.1 Å². The average molecular weight is 520 g/mol. The summed E-state index contributed by atoms with van der Waals surface area (Å²) in [6.07, 6.45) is -0.982. The fourth-order valence-electron chi connectivity index (χ4n) is 4.23. The molecule has 0 spiro atoms. The molecule has 1 amide bonds. The maximum Gasteiger partial charge on any atom is 0.416 e. The van der Waals surface area contributed by atoms with Crippen molar-refractivity contribution in [1.29, 1.82) is 0 Å². The summed E-state index contributed by atoms with van der Waals surface area (Å²) in [5, 5.41) is 0. The molecule has 4 rings (SSSR count). The molecule has 0 saturated carbocycles. The van der Waals surface area contributed by atoms with Gasteiger partial charge in [-0.25, -0.2) is 8.42 Å². The van der Waals surface area contributed by atoms with Crippen molar-refractivity contribution in [2.75, 3.05) is 13.1 Å². The predicted molar refractivity (Wildman–Crippen MR) is 126 cm³/mol. The molecule has 0 atom stereocenters. The van der Waals surface area contributed by atoms with E-state index in [2.05, 4.69) is 9.88 Å². The highest BCUT2D eigenvalue weighted by molar-refractivity contribution is 7.93. The second-order valence-corrected chi connectivity index (χ2v) is 10.8. The van der Waals surface area contributed by atoms with E-state index in [0.717, 1.165) is 17.7 Å². The number of carbonyl (C=O) groups is 1. The van der Waals surface area contributed by atoms with E-state index in [1.54, 1.807) is 12.4 Å². The smallest absolute Gasteiger partial charge is 0.416 e. The normalized spacial score (nSPS) is 16.4. The van der Waals surface area contributed by atoms with Gasteiger partial charge in [-0.05, 0) is 79.1 Å². The molecule has 2 heterocycles.